The lowest BCUT2D eigenvalue weighted by molar-refractivity contribution is 1.41. The number of pyridine rings is 2. The summed E-state index contributed by atoms with van der Waals surface area (Å²) in [4.78, 5) is 8.81. The molecule has 0 aliphatic heterocycles. The highest BCUT2D eigenvalue weighted by molar-refractivity contribution is 5.85. The van der Waals surface area contributed by atoms with Gasteiger partial charge in [0, 0.05) is 34.5 Å². The molecule has 0 saturated carbocycles. The molecule has 4 aromatic carbocycles. The molecule has 6 aromatic rings. The second-order valence-corrected chi connectivity index (χ2v) is 8.10. The Labute approximate surface area is 192 Å². The number of hydrogen-bond acceptors (Lipinski definition) is 3. The minimum Gasteiger partial charge on any atom is -0.356 e. The lowest BCUT2D eigenvalue weighted by atomic mass is 10.0. The van der Waals surface area contributed by atoms with Crippen LogP contribution >= 0.6 is 0 Å². The van der Waals surface area contributed by atoms with Crippen molar-refractivity contribution in [3.8, 4) is 22.3 Å². The van der Waals surface area contributed by atoms with E-state index in [0.29, 0.717) is 0 Å². The monoisotopic (exact) mass is 423 g/mol. The van der Waals surface area contributed by atoms with Crippen molar-refractivity contribution in [3.63, 3.8) is 0 Å². The van der Waals surface area contributed by atoms with Crippen molar-refractivity contribution in [2.75, 3.05) is 5.32 Å². The zero-order chi connectivity index (χ0) is 22.0. The summed E-state index contributed by atoms with van der Waals surface area (Å²) in [5.41, 5.74) is 8.91. The first kappa shape index (κ1) is 19.2. The molecule has 0 atom stereocenters. The lowest BCUT2D eigenvalue weighted by Gasteiger charge is -2.10. The average Bonchev–Trinajstić information content (AvgIpc) is 2.89. The molecule has 3 nitrogen and oxygen atoms in total. The van der Waals surface area contributed by atoms with Crippen LogP contribution in [0, 0.1) is 0 Å². The number of hydrogen-bond donors (Lipinski definition) is 1. The normalized spacial score (nSPS) is 11.0. The summed E-state index contributed by atoms with van der Waals surface area (Å²) < 4.78 is 0. The molecule has 2 heterocycles. The van der Waals surface area contributed by atoms with Gasteiger partial charge in [-0.2, -0.15) is 0 Å². The van der Waals surface area contributed by atoms with Crippen LogP contribution in [0.3, 0.4) is 0 Å². The van der Waals surface area contributed by atoms with Gasteiger partial charge in [0.15, 0.2) is 0 Å². The van der Waals surface area contributed by atoms with E-state index in [4.69, 9.17) is 0 Å². The minimum atomic E-state index is 1.02. The fourth-order valence-corrected chi connectivity index (χ4v) is 4.17. The van der Waals surface area contributed by atoms with Gasteiger partial charge in [0.1, 0.15) is 0 Å². The molecule has 0 amide bonds. The second-order valence-electron chi connectivity index (χ2n) is 8.10. The van der Waals surface area contributed by atoms with Gasteiger partial charge in [-0.25, -0.2) is 0 Å². The first-order chi connectivity index (χ1) is 16.3. The van der Waals surface area contributed by atoms with Gasteiger partial charge in [-0.3, -0.25) is 9.97 Å². The second kappa shape index (κ2) is 8.21. The molecule has 0 bridgehead atoms. The maximum atomic E-state index is 4.40. The van der Waals surface area contributed by atoms with E-state index < -0.39 is 0 Å². The van der Waals surface area contributed by atoms with Crippen molar-refractivity contribution in [1.29, 1.82) is 0 Å². The topological polar surface area (TPSA) is 37.8 Å². The van der Waals surface area contributed by atoms with E-state index in [1.165, 1.54) is 22.3 Å². The number of anilines is 2. The summed E-state index contributed by atoms with van der Waals surface area (Å²) in [5.74, 6) is 0. The molecule has 156 valence electrons. The third kappa shape index (κ3) is 3.92. The molecule has 0 aliphatic carbocycles. The molecule has 0 radical (unpaired) electrons. The molecule has 0 aliphatic rings. The Balaban J connectivity index is 1.20. The molecule has 6 rings (SSSR count). The van der Waals surface area contributed by atoms with Crippen LogP contribution in [-0.4, -0.2) is 9.97 Å². The zero-order valence-electron chi connectivity index (χ0n) is 17.9. The van der Waals surface area contributed by atoms with E-state index in [0.717, 1.165) is 33.2 Å². The van der Waals surface area contributed by atoms with Crippen molar-refractivity contribution in [2.45, 2.75) is 0 Å². The van der Waals surface area contributed by atoms with Gasteiger partial charge in [0.05, 0.1) is 11.0 Å². The number of nitrogens with zero attached hydrogens (tertiary/aromatic N) is 2. The smallest absolute Gasteiger partial charge is 0.0702 e. The van der Waals surface area contributed by atoms with Gasteiger partial charge in [-0.05, 0) is 82.9 Å². The quantitative estimate of drug-likeness (QED) is 0.314. The van der Waals surface area contributed by atoms with E-state index in [2.05, 4.69) is 112 Å². The highest BCUT2D eigenvalue weighted by atomic mass is 14.9. The van der Waals surface area contributed by atoms with Crippen molar-refractivity contribution < 1.29 is 0 Å². The van der Waals surface area contributed by atoms with Gasteiger partial charge < -0.3 is 5.32 Å². The van der Waals surface area contributed by atoms with Crippen LogP contribution in [0.1, 0.15) is 0 Å². The highest BCUT2D eigenvalue weighted by Crippen LogP contribution is 2.28. The third-order valence-corrected chi connectivity index (χ3v) is 5.93. The molecule has 0 fully saturated rings. The van der Waals surface area contributed by atoms with E-state index in [9.17, 15) is 0 Å². The van der Waals surface area contributed by atoms with Gasteiger partial charge in [0.2, 0.25) is 0 Å². The van der Waals surface area contributed by atoms with Crippen molar-refractivity contribution in [3.05, 3.63) is 122 Å². The van der Waals surface area contributed by atoms with Gasteiger partial charge in [-0.1, -0.05) is 48.5 Å². The van der Waals surface area contributed by atoms with Crippen LogP contribution in [0.25, 0.3) is 44.1 Å². The molecular weight excluding hydrogens is 402 g/mol. The van der Waals surface area contributed by atoms with Crippen LogP contribution in [-0.2, 0) is 0 Å². The van der Waals surface area contributed by atoms with Crippen molar-refractivity contribution in [2.24, 2.45) is 0 Å². The SMILES string of the molecule is c1cnc2ccc(-c3ccc(Nc4ccc(-c5ccc6ncccc6c5)cc4)cc3)cc2c1. The van der Waals surface area contributed by atoms with Crippen LogP contribution in [0.15, 0.2) is 122 Å². The Hall–Kier alpha value is -4.50. The molecule has 33 heavy (non-hydrogen) atoms. The average molecular weight is 424 g/mol. The summed E-state index contributed by atoms with van der Waals surface area (Å²) in [5, 5.41) is 5.81. The van der Waals surface area contributed by atoms with Crippen LogP contribution < -0.4 is 5.32 Å². The molecule has 2 aromatic heterocycles. The van der Waals surface area contributed by atoms with Crippen LogP contribution in [0.5, 0.6) is 0 Å². The van der Waals surface area contributed by atoms with Crippen molar-refractivity contribution >= 4 is 33.2 Å². The maximum Gasteiger partial charge on any atom is 0.0702 e. The highest BCUT2D eigenvalue weighted by Gasteiger charge is 2.03. The number of nitrogens with one attached hydrogen (secondary N) is 1. The first-order valence-corrected chi connectivity index (χ1v) is 11.0. The van der Waals surface area contributed by atoms with Gasteiger partial charge in [-0.15, -0.1) is 0 Å². The predicted octanol–water partition coefficient (Wildman–Crippen LogP) is 7.86. The molecule has 3 heteroatoms. The van der Waals surface area contributed by atoms with Gasteiger partial charge in [0.25, 0.3) is 0 Å². The molecule has 0 saturated heterocycles. The number of benzene rings is 4. The zero-order valence-corrected chi connectivity index (χ0v) is 17.9. The Morgan fingerprint density at radius 2 is 0.848 bits per heavy atom. The summed E-state index contributed by atoms with van der Waals surface area (Å²) in [6, 6.07) is 38.0. The van der Waals surface area contributed by atoms with E-state index in [1.807, 2.05) is 24.5 Å². The van der Waals surface area contributed by atoms with Gasteiger partial charge >= 0.3 is 0 Å². The summed E-state index contributed by atoms with van der Waals surface area (Å²) >= 11 is 0. The third-order valence-electron chi connectivity index (χ3n) is 5.93. The fraction of sp³-hybridized carbons (Fsp3) is 0. The minimum absolute atomic E-state index is 1.02. The largest absolute Gasteiger partial charge is 0.356 e. The number of rotatable bonds is 4. The fourth-order valence-electron chi connectivity index (χ4n) is 4.17. The number of aromatic nitrogens is 2. The van der Waals surface area contributed by atoms with E-state index in [-0.39, 0.29) is 0 Å². The molecule has 1 N–H and O–H groups in total. The number of fused-ring (bicyclic) bond motifs is 2. The van der Waals surface area contributed by atoms with Crippen molar-refractivity contribution in [1.82, 2.24) is 9.97 Å². The molecule has 0 spiro atoms. The summed E-state index contributed by atoms with van der Waals surface area (Å²) in [7, 11) is 0. The molecular formula is C30H21N3. The predicted molar refractivity (Wildman–Crippen MR) is 138 cm³/mol. The van der Waals surface area contributed by atoms with Crippen LogP contribution in [0.4, 0.5) is 11.4 Å². The summed E-state index contributed by atoms with van der Waals surface area (Å²) in [6.07, 6.45) is 3.66. The standard InChI is InChI=1S/C30H21N3/c1-3-25-19-23(9-15-29(25)31-17-1)21-5-11-27(12-6-21)33-28-13-7-22(8-14-28)24-10-16-30-26(20-24)4-2-18-32-30/h1-20,33H. The Morgan fingerprint density at radius 3 is 1.30 bits per heavy atom. The molecule has 0 unspecified atom stereocenters. The Kier molecular flexibility index (Phi) is 4.78. The Morgan fingerprint density at radius 1 is 0.424 bits per heavy atom. The summed E-state index contributed by atoms with van der Waals surface area (Å²) in [6.45, 7) is 0. The Bertz CT molecular complexity index is 1450. The first-order valence-electron chi connectivity index (χ1n) is 11.0. The van der Waals surface area contributed by atoms with E-state index >= 15 is 0 Å². The maximum absolute atomic E-state index is 4.40. The van der Waals surface area contributed by atoms with E-state index in [1.54, 1.807) is 0 Å². The lowest BCUT2D eigenvalue weighted by Crippen LogP contribution is -1.90. The van der Waals surface area contributed by atoms with Crippen LogP contribution in [0.2, 0.25) is 0 Å².